The topological polar surface area (TPSA) is 115 Å². The van der Waals surface area contributed by atoms with Gasteiger partial charge in [-0.3, -0.25) is 14.6 Å². The zero-order valence-corrected chi connectivity index (χ0v) is 18.6. The van der Waals surface area contributed by atoms with Gasteiger partial charge in [0.05, 0.1) is 30.9 Å². The third-order valence-electron chi connectivity index (χ3n) is 5.61. The molecule has 2 aliphatic heterocycles. The van der Waals surface area contributed by atoms with Gasteiger partial charge in [-0.2, -0.15) is 14.6 Å². The van der Waals surface area contributed by atoms with E-state index in [1.165, 1.54) is 15.9 Å². The Morgan fingerprint density at radius 2 is 2.06 bits per heavy atom. The molecular formula is C22H22N6O3S. The number of hydrogen-bond acceptors (Lipinski definition) is 8. The lowest BCUT2D eigenvalue weighted by Gasteiger charge is -2.26. The highest BCUT2D eigenvalue weighted by Gasteiger charge is 2.22. The summed E-state index contributed by atoms with van der Waals surface area (Å²) in [6.45, 7) is 6.13. The van der Waals surface area contributed by atoms with Crippen LogP contribution >= 0.6 is 11.3 Å². The second-order valence-corrected chi connectivity index (χ2v) is 8.89. The summed E-state index contributed by atoms with van der Waals surface area (Å²) in [6.07, 6.45) is 1.87. The summed E-state index contributed by atoms with van der Waals surface area (Å²) >= 11 is 1.20. The number of aliphatic imine (C=N–C) groups is 1. The molecule has 1 amide bonds. The van der Waals surface area contributed by atoms with E-state index in [-0.39, 0.29) is 23.7 Å². The highest BCUT2D eigenvalue weighted by molar-refractivity contribution is 7.16. The van der Waals surface area contributed by atoms with Crippen LogP contribution in [0.5, 0.6) is 0 Å². The molecule has 0 radical (unpaired) electrons. The number of nitrogen functional groups attached to an aromatic ring is 1. The van der Waals surface area contributed by atoms with Gasteiger partial charge in [-0.1, -0.05) is 23.0 Å². The van der Waals surface area contributed by atoms with Crippen LogP contribution in [-0.4, -0.2) is 57.4 Å². The molecule has 4 heterocycles. The van der Waals surface area contributed by atoms with E-state index in [4.69, 9.17) is 10.5 Å². The van der Waals surface area contributed by atoms with Crippen molar-refractivity contribution in [1.82, 2.24) is 19.5 Å². The van der Waals surface area contributed by atoms with E-state index in [0.29, 0.717) is 36.3 Å². The molecule has 0 bridgehead atoms. The second-order valence-electron chi connectivity index (χ2n) is 7.85. The Labute approximate surface area is 187 Å². The maximum Gasteiger partial charge on any atom is 0.283 e. The molecule has 1 fully saturated rings. The average Bonchev–Trinajstić information content (AvgIpc) is 3.31. The summed E-state index contributed by atoms with van der Waals surface area (Å²) in [5.74, 6) is 0.170. The monoisotopic (exact) mass is 450 g/mol. The largest absolute Gasteiger partial charge is 0.383 e. The first-order chi connectivity index (χ1) is 15.4. The molecule has 0 atom stereocenters. The third-order valence-corrected chi connectivity index (χ3v) is 6.52. The number of carbonyl (C=O) groups is 1. The van der Waals surface area contributed by atoms with Crippen molar-refractivity contribution in [3.05, 3.63) is 50.3 Å². The highest BCUT2D eigenvalue weighted by Crippen LogP contribution is 2.36. The van der Waals surface area contributed by atoms with Crippen molar-refractivity contribution < 1.29 is 9.53 Å². The lowest BCUT2D eigenvalue weighted by atomic mass is 9.99. The number of benzene rings is 1. The number of nitrogens with zero attached hydrogens (tertiary/aromatic N) is 5. The Kier molecular flexibility index (Phi) is 5.10. The van der Waals surface area contributed by atoms with Crippen LogP contribution in [0, 0.1) is 6.92 Å². The van der Waals surface area contributed by atoms with Gasteiger partial charge in [0.25, 0.3) is 5.56 Å². The van der Waals surface area contributed by atoms with Crippen LogP contribution in [0.25, 0.3) is 16.6 Å². The number of morpholine rings is 1. The van der Waals surface area contributed by atoms with Crippen molar-refractivity contribution >= 4 is 51.1 Å². The normalized spacial score (nSPS) is 17.1. The SMILES string of the molecule is CC1=Nc2ccc(C)cc2/C1=C/c1c(N)n2nc(CC(=O)N3CCOCC3)sc2nc1=O. The number of allylic oxidation sites excluding steroid dienone is 1. The highest BCUT2D eigenvalue weighted by atomic mass is 32.1. The van der Waals surface area contributed by atoms with Gasteiger partial charge in [-0.25, -0.2) is 0 Å². The minimum atomic E-state index is -0.432. The standard InChI is InChI=1S/C22H22N6O3S/c1-12-3-4-17-15(9-12)14(13(2)24-17)10-16-20(23)28-22(25-21(16)30)32-18(26-28)11-19(29)27-5-7-31-8-6-27/h3-4,9-10H,5-8,11,23H2,1-2H3/b14-10+. The number of fused-ring (bicyclic) bond motifs is 2. The summed E-state index contributed by atoms with van der Waals surface area (Å²) in [5.41, 5.74) is 10.8. The molecule has 0 aliphatic carbocycles. The number of amides is 1. The molecular weight excluding hydrogens is 428 g/mol. The van der Waals surface area contributed by atoms with Crippen LogP contribution in [0.2, 0.25) is 0 Å². The summed E-state index contributed by atoms with van der Waals surface area (Å²) in [7, 11) is 0. The molecule has 32 heavy (non-hydrogen) atoms. The van der Waals surface area contributed by atoms with E-state index < -0.39 is 5.56 Å². The number of rotatable bonds is 3. The predicted molar refractivity (Wildman–Crippen MR) is 124 cm³/mol. The zero-order chi connectivity index (χ0) is 22.4. The second kappa shape index (κ2) is 7.95. The molecule has 10 heteroatoms. The van der Waals surface area contributed by atoms with Gasteiger partial charge < -0.3 is 15.4 Å². The summed E-state index contributed by atoms with van der Waals surface area (Å²) < 4.78 is 6.74. The quantitative estimate of drug-likeness (QED) is 0.653. The first-order valence-electron chi connectivity index (χ1n) is 10.3. The van der Waals surface area contributed by atoms with Crippen molar-refractivity contribution in [2.75, 3.05) is 32.0 Å². The molecule has 2 aliphatic rings. The van der Waals surface area contributed by atoms with Gasteiger partial charge in [0.15, 0.2) is 0 Å². The van der Waals surface area contributed by atoms with E-state index in [1.54, 1.807) is 11.0 Å². The van der Waals surface area contributed by atoms with Gasteiger partial charge in [-0.15, -0.1) is 0 Å². The van der Waals surface area contributed by atoms with E-state index in [2.05, 4.69) is 15.1 Å². The van der Waals surface area contributed by atoms with Gasteiger partial charge in [0.1, 0.15) is 10.8 Å². The van der Waals surface area contributed by atoms with Gasteiger partial charge in [0, 0.05) is 29.9 Å². The smallest absolute Gasteiger partial charge is 0.283 e. The summed E-state index contributed by atoms with van der Waals surface area (Å²) in [5, 5.41) is 5.03. The first kappa shape index (κ1) is 20.5. The number of anilines is 1. The van der Waals surface area contributed by atoms with Gasteiger partial charge in [0.2, 0.25) is 10.9 Å². The number of nitrogens with two attached hydrogens (primary N) is 1. The summed E-state index contributed by atoms with van der Waals surface area (Å²) in [4.78, 5) is 36.3. The van der Waals surface area contributed by atoms with E-state index in [9.17, 15) is 9.59 Å². The molecule has 164 valence electrons. The van der Waals surface area contributed by atoms with Crippen molar-refractivity contribution in [3.63, 3.8) is 0 Å². The Morgan fingerprint density at radius 1 is 1.28 bits per heavy atom. The molecule has 0 spiro atoms. The van der Waals surface area contributed by atoms with Crippen LogP contribution in [0.1, 0.15) is 28.6 Å². The maximum absolute atomic E-state index is 12.8. The number of aryl methyl sites for hydroxylation is 1. The maximum atomic E-state index is 12.8. The lowest BCUT2D eigenvalue weighted by Crippen LogP contribution is -2.41. The molecule has 2 aromatic heterocycles. The first-order valence-corrected chi connectivity index (χ1v) is 11.1. The Hall–Kier alpha value is -3.37. The molecule has 9 nitrogen and oxygen atoms in total. The molecule has 1 aromatic carbocycles. The average molecular weight is 451 g/mol. The molecule has 0 saturated carbocycles. The number of ether oxygens (including phenoxy) is 1. The molecule has 1 saturated heterocycles. The van der Waals surface area contributed by atoms with E-state index in [1.807, 2.05) is 32.0 Å². The van der Waals surface area contributed by atoms with Crippen molar-refractivity contribution in [3.8, 4) is 0 Å². The molecule has 2 N–H and O–H groups in total. The fraction of sp³-hybridized carbons (Fsp3) is 0.318. The third kappa shape index (κ3) is 3.61. The van der Waals surface area contributed by atoms with Crippen molar-refractivity contribution in [2.24, 2.45) is 4.99 Å². The summed E-state index contributed by atoms with van der Waals surface area (Å²) in [6, 6.07) is 6.01. The van der Waals surface area contributed by atoms with Crippen molar-refractivity contribution in [2.45, 2.75) is 20.3 Å². The molecule has 3 aromatic rings. The fourth-order valence-corrected chi connectivity index (χ4v) is 4.79. The predicted octanol–water partition coefficient (Wildman–Crippen LogP) is 2.09. The van der Waals surface area contributed by atoms with Crippen LogP contribution in [0.15, 0.2) is 28.0 Å². The van der Waals surface area contributed by atoms with Crippen LogP contribution in [-0.2, 0) is 16.0 Å². The minimum absolute atomic E-state index is 0.0269. The Balaban J connectivity index is 1.51. The number of aromatic nitrogens is 3. The lowest BCUT2D eigenvalue weighted by molar-refractivity contribution is -0.134. The van der Waals surface area contributed by atoms with Gasteiger partial charge >= 0.3 is 0 Å². The van der Waals surface area contributed by atoms with Gasteiger partial charge in [-0.05, 0) is 32.1 Å². The van der Waals surface area contributed by atoms with Crippen LogP contribution in [0.4, 0.5) is 11.5 Å². The molecule has 0 unspecified atom stereocenters. The van der Waals surface area contributed by atoms with Crippen LogP contribution in [0.3, 0.4) is 0 Å². The minimum Gasteiger partial charge on any atom is -0.383 e. The van der Waals surface area contributed by atoms with Crippen LogP contribution < -0.4 is 11.3 Å². The fourth-order valence-electron chi connectivity index (χ4n) is 3.91. The Morgan fingerprint density at radius 3 is 2.84 bits per heavy atom. The molecule has 5 rings (SSSR count). The van der Waals surface area contributed by atoms with E-state index >= 15 is 0 Å². The zero-order valence-electron chi connectivity index (χ0n) is 17.8. The number of hydrogen-bond donors (Lipinski definition) is 1. The number of carbonyl (C=O) groups excluding carboxylic acids is 1. The van der Waals surface area contributed by atoms with Crippen molar-refractivity contribution in [1.29, 1.82) is 0 Å². The Bertz CT molecular complexity index is 1360. The van der Waals surface area contributed by atoms with E-state index in [0.717, 1.165) is 28.1 Å².